The Morgan fingerprint density at radius 3 is 2.29 bits per heavy atom. The highest BCUT2D eigenvalue weighted by atomic mass is 35.5. The molecular formula is C24H30Cl2N2O3. The van der Waals surface area contributed by atoms with E-state index >= 15 is 0 Å². The number of rotatable bonds is 8. The number of carbonyl (C=O) groups excluding carboxylic acids is 2. The summed E-state index contributed by atoms with van der Waals surface area (Å²) in [5.41, 5.74) is 1.91. The van der Waals surface area contributed by atoms with Crippen molar-refractivity contribution >= 4 is 35.0 Å². The van der Waals surface area contributed by atoms with E-state index in [-0.39, 0.29) is 30.4 Å². The van der Waals surface area contributed by atoms with Crippen LogP contribution < -0.4 is 10.1 Å². The molecule has 0 aliphatic rings. The van der Waals surface area contributed by atoms with Crippen LogP contribution >= 0.6 is 23.2 Å². The predicted molar refractivity (Wildman–Crippen MR) is 126 cm³/mol. The third kappa shape index (κ3) is 7.15. The maximum Gasteiger partial charge on any atom is 0.261 e. The molecule has 0 spiro atoms. The smallest absolute Gasteiger partial charge is 0.261 e. The maximum absolute atomic E-state index is 13.0. The van der Waals surface area contributed by atoms with E-state index < -0.39 is 6.04 Å². The van der Waals surface area contributed by atoms with Crippen molar-refractivity contribution in [2.45, 2.75) is 52.6 Å². The molecule has 2 rings (SSSR count). The van der Waals surface area contributed by atoms with Gasteiger partial charge >= 0.3 is 0 Å². The molecular weight excluding hydrogens is 435 g/mol. The highest BCUT2D eigenvalue weighted by Crippen LogP contribution is 2.25. The maximum atomic E-state index is 13.0. The monoisotopic (exact) mass is 464 g/mol. The van der Waals surface area contributed by atoms with Crippen LogP contribution in [-0.2, 0) is 21.5 Å². The van der Waals surface area contributed by atoms with Crippen LogP contribution in [0.15, 0.2) is 42.5 Å². The molecule has 0 aliphatic carbocycles. The predicted octanol–water partition coefficient (Wildman–Crippen LogP) is 5.22. The SMILES string of the molecule is CCNC(=O)C(C)N(Cc1ccc(Cl)cc1Cl)C(=O)COc1ccc(C(C)(C)C)cc1. The van der Waals surface area contributed by atoms with Gasteiger partial charge < -0.3 is 15.0 Å². The van der Waals surface area contributed by atoms with Crippen LogP contribution in [0, 0.1) is 0 Å². The lowest BCUT2D eigenvalue weighted by atomic mass is 9.87. The van der Waals surface area contributed by atoms with Crippen molar-refractivity contribution in [2.24, 2.45) is 0 Å². The fraction of sp³-hybridized carbons (Fsp3) is 0.417. The summed E-state index contributed by atoms with van der Waals surface area (Å²) < 4.78 is 5.72. The van der Waals surface area contributed by atoms with Gasteiger partial charge in [-0.15, -0.1) is 0 Å². The van der Waals surface area contributed by atoms with Crippen molar-refractivity contribution in [3.63, 3.8) is 0 Å². The third-order valence-corrected chi connectivity index (χ3v) is 5.54. The lowest BCUT2D eigenvalue weighted by molar-refractivity contribution is -0.142. The molecule has 1 atom stereocenters. The number of carbonyl (C=O) groups is 2. The van der Waals surface area contributed by atoms with Gasteiger partial charge in [0, 0.05) is 23.1 Å². The molecule has 0 aliphatic heterocycles. The molecule has 0 bridgehead atoms. The van der Waals surface area contributed by atoms with Crippen molar-refractivity contribution in [3.05, 3.63) is 63.6 Å². The Bertz CT molecular complexity index is 908. The summed E-state index contributed by atoms with van der Waals surface area (Å²) in [4.78, 5) is 26.9. The zero-order valence-corrected chi connectivity index (χ0v) is 20.2. The van der Waals surface area contributed by atoms with Crippen LogP contribution in [0.25, 0.3) is 0 Å². The summed E-state index contributed by atoms with van der Waals surface area (Å²) in [6.45, 7) is 10.4. The molecule has 0 fully saturated rings. The Morgan fingerprint density at radius 1 is 1.10 bits per heavy atom. The van der Waals surface area contributed by atoms with Crippen molar-refractivity contribution in [2.75, 3.05) is 13.2 Å². The Morgan fingerprint density at radius 2 is 1.74 bits per heavy atom. The third-order valence-electron chi connectivity index (χ3n) is 4.96. The van der Waals surface area contributed by atoms with E-state index in [1.165, 1.54) is 10.5 Å². The summed E-state index contributed by atoms with van der Waals surface area (Å²) in [5, 5.41) is 3.70. The minimum atomic E-state index is -0.689. The molecule has 0 radical (unpaired) electrons. The zero-order valence-electron chi connectivity index (χ0n) is 18.7. The molecule has 0 heterocycles. The summed E-state index contributed by atoms with van der Waals surface area (Å²) >= 11 is 12.3. The quantitative estimate of drug-likeness (QED) is 0.582. The van der Waals surface area contributed by atoms with Gasteiger partial charge in [-0.1, -0.05) is 62.2 Å². The molecule has 2 amide bonds. The standard InChI is InChI=1S/C24H30Cl2N2O3/c1-6-27-23(30)16(2)28(14-17-7-10-19(25)13-21(17)26)22(29)15-31-20-11-8-18(9-12-20)24(3,4)5/h7-13,16H,6,14-15H2,1-5H3,(H,27,30). The first-order chi connectivity index (χ1) is 14.5. The number of benzene rings is 2. The van der Waals surface area contributed by atoms with E-state index in [2.05, 4.69) is 26.1 Å². The van der Waals surface area contributed by atoms with Gasteiger partial charge in [-0.3, -0.25) is 9.59 Å². The molecule has 1 unspecified atom stereocenters. The van der Waals surface area contributed by atoms with Crippen LogP contribution in [0.1, 0.15) is 45.7 Å². The molecule has 2 aromatic rings. The molecule has 1 N–H and O–H groups in total. The Hall–Kier alpha value is -2.24. The highest BCUT2D eigenvalue weighted by molar-refractivity contribution is 6.35. The molecule has 0 saturated carbocycles. The number of ether oxygens (including phenoxy) is 1. The highest BCUT2D eigenvalue weighted by Gasteiger charge is 2.27. The van der Waals surface area contributed by atoms with Gasteiger partial charge in [-0.05, 0) is 54.7 Å². The van der Waals surface area contributed by atoms with E-state index in [0.29, 0.717) is 27.9 Å². The fourth-order valence-corrected chi connectivity index (χ4v) is 3.49. The molecule has 7 heteroatoms. The van der Waals surface area contributed by atoms with Gasteiger partial charge in [-0.2, -0.15) is 0 Å². The van der Waals surface area contributed by atoms with Crippen molar-refractivity contribution in [1.82, 2.24) is 10.2 Å². The second kappa shape index (κ2) is 10.9. The number of hydrogen-bond acceptors (Lipinski definition) is 3. The zero-order chi connectivity index (χ0) is 23.2. The van der Waals surface area contributed by atoms with E-state index in [4.69, 9.17) is 27.9 Å². The Kier molecular flexibility index (Phi) is 8.78. The topological polar surface area (TPSA) is 58.6 Å². The molecule has 168 valence electrons. The van der Waals surface area contributed by atoms with Crippen LogP contribution in [-0.4, -0.2) is 35.9 Å². The summed E-state index contributed by atoms with van der Waals surface area (Å²) in [5.74, 6) is 0.0385. The Labute approximate surface area is 194 Å². The van der Waals surface area contributed by atoms with Crippen LogP contribution in [0.4, 0.5) is 0 Å². The van der Waals surface area contributed by atoms with Gasteiger partial charge in [-0.25, -0.2) is 0 Å². The lowest BCUT2D eigenvalue weighted by Gasteiger charge is -2.29. The van der Waals surface area contributed by atoms with E-state index in [1.807, 2.05) is 31.2 Å². The van der Waals surface area contributed by atoms with Crippen LogP contribution in [0.3, 0.4) is 0 Å². The first-order valence-corrected chi connectivity index (χ1v) is 11.0. The number of nitrogens with zero attached hydrogens (tertiary/aromatic N) is 1. The van der Waals surface area contributed by atoms with Gasteiger partial charge in [0.1, 0.15) is 11.8 Å². The van der Waals surface area contributed by atoms with E-state index in [9.17, 15) is 9.59 Å². The van der Waals surface area contributed by atoms with E-state index in [0.717, 1.165) is 0 Å². The molecule has 0 aromatic heterocycles. The van der Waals surface area contributed by atoms with Crippen molar-refractivity contribution in [1.29, 1.82) is 0 Å². The first-order valence-electron chi connectivity index (χ1n) is 10.3. The fourth-order valence-electron chi connectivity index (χ4n) is 3.02. The normalized spacial score (nSPS) is 12.2. The molecule has 2 aromatic carbocycles. The van der Waals surface area contributed by atoms with Crippen molar-refractivity contribution < 1.29 is 14.3 Å². The molecule has 0 saturated heterocycles. The number of nitrogens with one attached hydrogen (secondary N) is 1. The summed E-state index contributed by atoms with van der Waals surface area (Å²) in [6, 6.07) is 12.1. The first kappa shape index (κ1) is 25.0. The number of likely N-dealkylation sites (N-methyl/N-ethyl adjacent to an activating group) is 1. The largest absolute Gasteiger partial charge is 0.484 e. The Balaban J connectivity index is 2.16. The van der Waals surface area contributed by atoms with Gasteiger partial charge in [0.05, 0.1) is 0 Å². The summed E-state index contributed by atoms with van der Waals surface area (Å²) in [6.07, 6.45) is 0. The lowest BCUT2D eigenvalue weighted by Crippen LogP contribution is -2.49. The second-order valence-corrected chi connectivity index (χ2v) is 9.23. The van der Waals surface area contributed by atoms with Crippen LogP contribution in [0.5, 0.6) is 5.75 Å². The molecule has 31 heavy (non-hydrogen) atoms. The number of amides is 2. The summed E-state index contributed by atoms with van der Waals surface area (Å²) in [7, 11) is 0. The van der Waals surface area contributed by atoms with Crippen LogP contribution in [0.2, 0.25) is 10.0 Å². The van der Waals surface area contributed by atoms with Gasteiger partial charge in [0.15, 0.2) is 6.61 Å². The molecule has 5 nitrogen and oxygen atoms in total. The minimum Gasteiger partial charge on any atom is -0.484 e. The number of halogens is 2. The van der Waals surface area contributed by atoms with Crippen molar-refractivity contribution in [3.8, 4) is 5.75 Å². The van der Waals surface area contributed by atoms with Gasteiger partial charge in [0.2, 0.25) is 5.91 Å². The average Bonchev–Trinajstić information content (AvgIpc) is 2.71. The number of hydrogen-bond donors (Lipinski definition) is 1. The van der Waals surface area contributed by atoms with E-state index in [1.54, 1.807) is 25.1 Å². The average molecular weight is 465 g/mol. The minimum absolute atomic E-state index is 0.0328. The second-order valence-electron chi connectivity index (χ2n) is 8.39. The van der Waals surface area contributed by atoms with Gasteiger partial charge in [0.25, 0.3) is 5.91 Å².